The number of rotatable bonds is 8. The average molecular weight is 370 g/mol. The van der Waals surface area contributed by atoms with Gasteiger partial charge >= 0.3 is 0 Å². The van der Waals surface area contributed by atoms with Crippen molar-refractivity contribution in [2.45, 2.75) is 26.4 Å². The Morgan fingerprint density at radius 1 is 1.04 bits per heavy atom. The molecule has 2 aromatic rings. The minimum atomic E-state index is -0.619. The van der Waals surface area contributed by atoms with E-state index in [1.165, 1.54) is 4.90 Å². The molecule has 27 heavy (non-hydrogen) atoms. The number of likely N-dealkylation sites (N-methyl/N-ethyl adjacent to an activating group) is 1. The number of hydrogen-bond donors (Lipinski definition) is 1. The van der Waals surface area contributed by atoms with Crippen molar-refractivity contribution in [3.05, 3.63) is 59.7 Å². The van der Waals surface area contributed by atoms with E-state index >= 15 is 0 Å². The van der Waals surface area contributed by atoms with Gasteiger partial charge in [-0.05, 0) is 43.7 Å². The molecule has 1 atom stereocenters. The highest BCUT2D eigenvalue weighted by atomic mass is 16.5. The van der Waals surface area contributed by atoms with E-state index in [-0.39, 0.29) is 18.4 Å². The third-order valence-corrected chi connectivity index (χ3v) is 4.31. The van der Waals surface area contributed by atoms with Crippen molar-refractivity contribution >= 4 is 11.8 Å². The summed E-state index contributed by atoms with van der Waals surface area (Å²) in [7, 11) is 3.15. The fourth-order valence-electron chi connectivity index (χ4n) is 2.58. The Hall–Kier alpha value is -3.02. The number of benzene rings is 2. The molecular weight excluding hydrogens is 344 g/mol. The van der Waals surface area contributed by atoms with Crippen molar-refractivity contribution in [1.82, 2.24) is 10.2 Å². The maximum atomic E-state index is 12.8. The largest absolute Gasteiger partial charge is 0.497 e. The molecule has 0 saturated heterocycles. The highest BCUT2D eigenvalue weighted by Crippen LogP contribution is 2.16. The van der Waals surface area contributed by atoms with E-state index in [0.717, 1.165) is 16.9 Å². The fraction of sp³-hybridized carbons (Fsp3) is 0.333. The molecule has 0 aliphatic carbocycles. The molecule has 0 saturated carbocycles. The molecule has 0 heterocycles. The summed E-state index contributed by atoms with van der Waals surface area (Å²) in [5.74, 6) is 0.860. The number of nitrogens with one attached hydrogen (secondary N) is 1. The molecule has 6 nitrogen and oxygen atoms in total. The second-order valence-corrected chi connectivity index (χ2v) is 6.26. The van der Waals surface area contributed by atoms with Gasteiger partial charge in [-0.3, -0.25) is 9.59 Å². The van der Waals surface area contributed by atoms with Gasteiger partial charge < -0.3 is 19.7 Å². The van der Waals surface area contributed by atoms with Gasteiger partial charge in [0.25, 0.3) is 5.91 Å². The SMILES string of the molecule is CNC(=O)C(C)N(Cc1ccc(OC)cc1)C(=O)COc1ccc(C)cc1. The van der Waals surface area contributed by atoms with Crippen LogP contribution in [0.15, 0.2) is 48.5 Å². The zero-order valence-corrected chi connectivity index (χ0v) is 16.2. The Balaban J connectivity index is 2.10. The highest BCUT2D eigenvalue weighted by Gasteiger charge is 2.25. The first-order valence-electron chi connectivity index (χ1n) is 8.78. The molecule has 0 bridgehead atoms. The zero-order valence-electron chi connectivity index (χ0n) is 16.2. The lowest BCUT2D eigenvalue weighted by Crippen LogP contribution is -2.48. The van der Waals surface area contributed by atoms with E-state index in [1.54, 1.807) is 21.1 Å². The summed E-state index contributed by atoms with van der Waals surface area (Å²) in [6.07, 6.45) is 0. The number of ether oxygens (including phenoxy) is 2. The average Bonchev–Trinajstić information content (AvgIpc) is 2.70. The van der Waals surface area contributed by atoms with Crippen LogP contribution in [0.3, 0.4) is 0 Å². The first kappa shape index (κ1) is 20.3. The third kappa shape index (κ3) is 5.74. The second-order valence-electron chi connectivity index (χ2n) is 6.26. The quantitative estimate of drug-likeness (QED) is 0.775. The van der Waals surface area contributed by atoms with Gasteiger partial charge in [-0.2, -0.15) is 0 Å². The monoisotopic (exact) mass is 370 g/mol. The molecular formula is C21H26N2O4. The normalized spacial score (nSPS) is 11.4. The summed E-state index contributed by atoms with van der Waals surface area (Å²) in [6, 6.07) is 14.2. The van der Waals surface area contributed by atoms with E-state index < -0.39 is 6.04 Å². The molecule has 2 rings (SSSR count). The highest BCUT2D eigenvalue weighted by molar-refractivity contribution is 5.87. The van der Waals surface area contributed by atoms with E-state index in [1.807, 2.05) is 55.5 Å². The van der Waals surface area contributed by atoms with E-state index in [2.05, 4.69) is 5.32 Å². The van der Waals surface area contributed by atoms with Crippen molar-refractivity contribution in [3.8, 4) is 11.5 Å². The van der Waals surface area contributed by atoms with Crippen molar-refractivity contribution in [2.75, 3.05) is 20.8 Å². The lowest BCUT2D eigenvalue weighted by Gasteiger charge is -2.28. The number of nitrogens with zero attached hydrogens (tertiary/aromatic N) is 1. The number of carbonyl (C=O) groups excluding carboxylic acids is 2. The van der Waals surface area contributed by atoms with Gasteiger partial charge in [0, 0.05) is 13.6 Å². The van der Waals surface area contributed by atoms with Crippen LogP contribution >= 0.6 is 0 Å². The topological polar surface area (TPSA) is 67.9 Å². The molecule has 1 unspecified atom stereocenters. The Kier molecular flexibility index (Phi) is 7.23. The number of amides is 2. The number of hydrogen-bond acceptors (Lipinski definition) is 4. The lowest BCUT2D eigenvalue weighted by molar-refractivity contribution is -0.142. The van der Waals surface area contributed by atoms with Gasteiger partial charge in [0.15, 0.2) is 6.61 Å². The second kappa shape index (κ2) is 9.62. The zero-order chi connectivity index (χ0) is 19.8. The van der Waals surface area contributed by atoms with Gasteiger partial charge in [-0.15, -0.1) is 0 Å². The molecule has 0 spiro atoms. The molecule has 0 fully saturated rings. The molecule has 2 amide bonds. The van der Waals surface area contributed by atoms with E-state index in [9.17, 15) is 9.59 Å². The van der Waals surface area contributed by atoms with E-state index in [4.69, 9.17) is 9.47 Å². The smallest absolute Gasteiger partial charge is 0.261 e. The first-order valence-corrected chi connectivity index (χ1v) is 8.78. The standard InChI is InChI=1S/C21H26N2O4/c1-15-5-9-19(10-6-15)27-14-20(24)23(16(2)21(25)22-3)13-17-7-11-18(26-4)12-8-17/h5-12,16H,13-14H2,1-4H3,(H,22,25). The predicted molar refractivity (Wildman–Crippen MR) is 104 cm³/mol. The van der Waals surface area contributed by atoms with Crippen LogP contribution in [0.25, 0.3) is 0 Å². The first-order chi connectivity index (χ1) is 12.9. The van der Waals surface area contributed by atoms with Crippen LogP contribution in [0.5, 0.6) is 11.5 Å². The Morgan fingerprint density at radius 2 is 1.63 bits per heavy atom. The molecule has 6 heteroatoms. The van der Waals surface area contributed by atoms with Crippen LogP contribution in [-0.4, -0.2) is 43.5 Å². The van der Waals surface area contributed by atoms with Crippen LogP contribution < -0.4 is 14.8 Å². The minimum absolute atomic E-state index is 0.138. The molecule has 1 N–H and O–H groups in total. The summed E-state index contributed by atoms with van der Waals surface area (Å²) >= 11 is 0. The molecule has 0 aromatic heterocycles. The molecule has 144 valence electrons. The number of carbonyl (C=O) groups is 2. The van der Waals surface area contributed by atoms with Crippen LogP contribution in [0.1, 0.15) is 18.1 Å². The summed E-state index contributed by atoms with van der Waals surface area (Å²) in [4.78, 5) is 26.4. The summed E-state index contributed by atoms with van der Waals surface area (Å²) in [5.41, 5.74) is 2.01. The van der Waals surface area contributed by atoms with Gasteiger partial charge in [0.2, 0.25) is 5.91 Å². The predicted octanol–water partition coefficient (Wildman–Crippen LogP) is 2.55. The summed E-state index contributed by atoms with van der Waals surface area (Å²) in [5, 5.41) is 2.59. The van der Waals surface area contributed by atoms with Crippen molar-refractivity contribution < 1.29 is 19.1 Å². The lowest BCUT2D eigenvalue weighted by atomic mass is 10.1. The Labute approximate surface area is 160 Å². The Bertz CT molecular complexity index is 757. The minimum Gasteiger partial charge on any atom is -0.497 e. The number of methoxy groups -OCH3 is 1. The molecule has 0 radical (unpaired) electrons. The van der Waals surface area contributed by atoms with Gasteiger partial charge in [0.05, 0.1) is 7.11 Å². The maximum absolute atomic E-state index is 12.8. The van der Waals surface area contributed by atoms with E-state index in [0.29, 0.717) is 12.3 Å². The van der Waals surface area contributed by atoms with Gasteiger partial charge in [-0.1, -0.05) is 29.8 Å². The summed E-state index contributed by atoms with van der Waals surface area (Å²) in [6.45, 7) is 3.85. The van der Waals surface area contributed by atoms with Crippen molar-refractivity contribution in [3.63, 3.8) is 0 Å². The Morgan fingerprint density at radius 3 is 2.19 bits per heavy atom. The molecule has 0 aliphatic heterocycles. The van der Waals surface area contributed by atoms with Crippen molar-refractivity contribution in [1.29, 1.82) is 0 Å². The summed E-state index contributed by atoms with van der Waals surface area (Å²) < 4.78 is 10.8. The van der Waals surface area contributed by atoms with Gasteiger partial charge in [0.1, 0.15) is 17.5 Å². The number of aryl methyl sites for hydroxylation is 1. The third-order valence-electron chi connectivity index (χ3n) is 4.31. The van der Waals surface area contributed by atoms with Crippen LogP contribution in [0.4, 0.5) is 0 Å². The molecule has 0 aliphatic rings. The van der Waals surface area contributed by atoms with Gasteiger partial charge in [-0.25, -0.2) is 0 Å². The van der Waals surface area contributed by atoms with Crippen LogP contribution in [0, 0.1) is 6.92 Å². The van der Waals surface area contributed by atoms with Crippen molar-refractivity contribution in [2.24, 2.45) is 0 Å². The van der Waals surface area contributed by atoms with Crippen LogP contribution in [-0.2, 0) is 16.1 Å². The maximum Gasteiger partial charge on any atom is 0.261 e. The van der Waals surface area contributed by atoms with Crippen LogP contribution in [0.2, 0.25) is 0 Å². The fourth-order valence-corrected chi connectivity index (χ4v) is 2.58. The molecule has 2 aromatic carbocycles.